The largest absolute Gasteiger partial charge is 0.349 e. The molecular weight excluding hydrogens is 212 g/mol. The predicted octanol–water partition coefficient (Wildman–Crippen LogP) is 1.72. The van der Waals surface area contributed by atoms with E-state index in [2.05, 4.69) is 17.6 Å². The minimum absolute atomic E-state index is 0.0440. The summed E-state index contributed by atoms with van der Waals surface area (Å²) in [5, 5.41) is 6.43. The summed E-state index contributed by atoms with van der Waals surface area (Å²) in [7, 11) is 0. The first-order valence-electron chi connectivity index (χ1n) is 6.25. The zero-order valence-corrected chi connectivity index (χ0v) is 10.5. The second-order valence-electron chi connectivity index (χ2n) is 4.83. The van der Waals surface area contributed by atoms with E-state index in [1.165, 1.54) is 0 Å². The van der Waals surface area contributed by atoms with E-state index in [-0.39, 0.29) is 11.9 Å². The number of hydrogen-bond acceptors (Lipinski definition) is 2. The molecule has 2 rings (SSSR count). The number of amides is 1. The summed E-state index contributed by atoms with van der Waals surface area (Å²) in [5.41, 5.74) is 1.81. The lowest BCUT2D eigenvalue weighted by molar-refractivity contribution is 0.0928. The molecular formula is C14H20N2O. The van der Waals surface area contributed by atoms with Gasteiger partial charge in [-0.25, -0.2) is 0 Å². The summed E-state index contributed by atoms with van der Waals surface area (Å²) in [6.07, 6.45) is 1.15. The number of benzene rings is 1. The summed E-state index contributed by atoms with van der Waals surface area (Å²) in [4.78, 5) is 12.1. The van der Waals surface area contributed by atoms with Crippen LogP contribution >= 0.6 is 0 Å². The van der Waals surface area contributed by atoms with Crippen LogP contribution in [-0.2, 0) is 0 Å². The number of rotatable bonds is 3. The van der Waals surface area contributed by atoms with Gasteiger partial charge in [-0.2, -0.15) is 0 Å². The maximum Gasteiger partial charge on any atom is 0.251 e. The Hall–Kier alpha value is -1.35. The van der Waals surface area contributed by atoms with Gasteiger partial charge in [-0.15, -0.1) is 0 Å². The highest BCUT2D eigenvalue weighted by Crippen LogP contribution is 2.14. The van der Waals surface area contributed by atoms with Gasteiger partial charge in [-0.05, 0) is 50.9 Å². The van der Waals surface area contributed by atoms with Crippen molar-refractivity contribution < 1.29 is 4.79 Å². The molecule has 1 aromatic carbocycles. The van der Waals surface area contributed by atoms with Crippen LogP contribution in [0.1, 0.15) is 29.3 Å². The van der Waals surface area contributed by atoms with Gasteiger partial charge in [0.1, 0.15) is 0 Å². The minimum atomic E-state index is 0.0440. The van der Waals surface area contributed by atoms with Crippen molar-refractivity contribution in [1.29, 1.82) is 0 Å². The molecule has 0 bridgehead atoms. The Morgan fingerprint density at radius 1 is 1.47 bits per heavy atom. The van der Waals surface area contributed by atoms with Crippen LogP contribution in [0.3, 0.4) is 0 Å². The molecule has 2 N–H and O–H groups in total. The molecule has 1 aromatic rings. The van der Waals surface area contributed by atoms with E-state index < -0.39 is 0 Å². The number of carbonyl (C=O) groups excluding carboxylic acids is 1. The van der Waals surface area contributed by atoms with Crippen molar-refractivity contribution in [2.45, 2.75) is 26.3 Å². The molecule has 1 aliphatic heterocycles. The van der Waals surface area contributed by atoms with Gasteiger partial charge in [0.15, 0.2) is 0 Å². The van der Waals surface area contributed by atoms with Gasteiger partial charge in [0, 0.05) is 11.6 Å². The quantitative estimate of drug-likeness (QED) is 0.833. The minimum Gasteiger partial charge on any atom is -0.349 e. The number of hydrogen-bond donors (Lipinski definition) is 2. The van der Waals surface area contributed by atoms with Crippen LogP contribution in [0.2, 0.25) is 0 Å². The van der Waals surface area contributed by atoms with Crippen molar-refractivity contribution in [2.24, 2.45) is 5.92 Å². The second kappa shape index (κ2) is 5.32. The van der Waals surface area contributed by atoms with Crippen molar-refractivity contribution >= 4 is 5.91 Å². The Balaban J connectivity index is 1.99. The standard InChI is InChI=1S/C14H20N2O/c1-10-5-3-4-6-13(10)14(17)16-11(2)12-7-8-15-9-12/h3-6,11-12,15H,7-9H2,1-2H3,(H,16,17). The van der Waals surface area contributed by atoms with E-state index in [1.807, 2.05) is 31.2 Å². The summed E-state index contributed by atoms with van der Waals surface area (Å²) >= 11 is 0. The third-order valence-electron chi connectivity index (χ3n) is 3.55. The Labute approximate surface area is 103 Å². The Morgan fingerprint density at radius 3 is 2.88 bits per heavy atom. The highest BCUT2D eigenvalue weighted by Gasteiger charge is 2.23. The van der Waals surface area contributed by atoms with Crippen LogP contribution in [0.25, 0.3) is 0 Å². The summed E-state index contributed by atoms with van der Waals surface area (Å²) < 4.78 is 0. The fourth-order valence-corrected chi connectivity index (χ4v) is 2.33. The van der Waals surface area contributed by atoms with Gasteiger partial charge in [0.25, 0.3) is 5.91 Å². The van der Waals surface area contributed by atoms with Crippen LogP contribution in [0, 0.1) is 12.8 Å². The normalized spacial score (nSPS) is 21.2. The van der Waals surface area contributed by atoms with Crippen molar-refractivity contribution in [3.63, 3.8) is 0 Å². The van der Waals surface area contributed by atoms with E-state index in [0.29, 0.717) is 5.92 Å². The zero-order valence-electron chi connectivity index (χ0n) is 10.5. The SMILES string of the molecule is Cc1ccccc1C(=O)NC(C)C1CCNC1. The zero-order chi connectivity index (χ0) is 12.3. The fraction of sp³-hybridized carbons (Fsp3) is 0.500. The molecule has 1 heterocycles. The highest BCUT2D eigenvalue weighted by molar-refractivity contribution is 5.95. The van der Waals surface area contributed by atoms with Crippen LogP contribution in [0.4, 0.5) is 0 Å². The summed E-state index contributed by atoms with van der Waals surface area (Å²) in [5.74, 6) is 0.602. The molecule has 2 atom stereocenters. The molecule has 0 aliphatic carbocycles. The topological polar surface area (TPSA) is 41.1 Å². The third kappa shape index (κ3) is 2.86. The molecule has 1 aliphatic rings. The number of aryl methyl sites for hydroxylation is 1. The van der Waals surface area contributed by atoms with Crippen LogP contribution < -0.4 is 10.6 Å². The summed E-state index contributed by atoms with van der Waals surface area (Å²) in [6, 6.07) is 7.94. The van der Waals surface area contributed by atoms with Crippen molar-refractivity contribution in [1.82, 2.24) is 10.6 Å². The Kier molecular flexibility index (Phi) is 3.79. The summed E-state index contributed by atoms with van der Waals surface area (Å²) in [6.45, 7) is 6.13. The van der Waals surface area contributed by atoms with Crippen molar-refractivity contribution in [3.8, 4) is 0 Å². The highest BCUT2D eigenvalue weighted by atomic mass is 16.1. The first-order valence-corrected chi connectivity index (χ1v) is 6.25. The molecule has 2 unspecified atom stereocenters. The molecule has 0 radical (unpaired) electrons. The van der Waals surface area contributed by atoms with E-state index in [4.69, 9.17) is 0 Å². The average molecular weight is 232 g/mol. The molecule has 3 nitrogen and oxygen atoms in total. The molecule has 0 saturated carbocycles. The molecule has 0 aromatic heterocycles. The molecule has 0 spiro atoms. The predicted molar refractivity (Wildman–Crippen MR) is 69.1 cm³/mol. The molecule has 92 valence electrons. The van der Waals surface area contributed by atoms with Crippen molar-refractivity contribution in [3.05, 3.63) is 35.4 Å². The Morgan fingerprint density at radius 2 is 2.24 bits per heavy atom. The molecule has 17 heavy (non-hydrogen) atoms. The first kappa shape index (κ1) is 12.1. The molecule has 1 saturated heterocycles. The molecule has 1 amide bonds. The Bertz CT molecular complexity index is 397. The van der Waals surface area contributed by atoms with Gasteiger partial charge in [-0.1, -0.05) is 18.2 Å². The number of nitrogens with one attached hydrogen (secondary N) is 2. The van der Waals surface area contributed by atoms with Gasteiger partial charge in [0.2, 0.25) is 0 Å². The third-order valence-corrected chi connectivity index (χ3v) is 3.55. The van der Waals surface area contributed by atoms with Gasteiger partial charge in [-0.3, -0.25) is 4.79 Å². The lowest BCUT2D eigenvalue weighted by Crippen LogP contribution is -2.39. The van der Waals surface area contributed by atoms with E-state index in [9.17, 15) is 4.79 Å². The van der Waals surface area contributed by atoms with Gasteiger partial charge >= 0.3 is 0 Å². The van der Waals surface area contributed by atoms with E-state index in [0.717, 1.165) is 30.6 Å². The average Bonchev–Trinajstić information content (AvgIpc) is 2.82. The monoisotopic (exact) mass is 232 g/mol. The maximum absolute atomic E-state index is 12.1. The van der Waals surface area contributed by atoms with Crippen LogP contribution in [-0.4, -0.2) is 25.0 Å². The first-order chi connectivity index (χ1) is 8.18. The fourth-order valence-electron chi connectivity index (χ4n) is 2.33. The second-order valence-corrected chi connectivity index (χ2v) is 4.83. The van der Waals surface area contributed by atoms with Crippen molar-refractivity contribution in [2.75, 3.05) is 13.1 Å². The lowest BCUT2D eigenvalue weighted by atomic mass is 10.00. The smallest absolute Gasteiger partial charge is 0.251 e. The number of carbonyl (C=O) groups is 1. The van der Waals surface area contributed by atoms with E-state index >= 15 is 0 Å². The van der Waals surface area contributed by atoms with E-state index in [1.54, 1.807) is 0 Å². The lowest BCUT2D eigenvalue weighted by Gasteiger charge is -2.20. The van der Waals surface area contributed by atoms with Gasteiger partial charge in [0.05, 0.1) is 0 Å². The molecule has 3 heteroatoms. The maximum atomic E-state index is 12.1. The van der Waals surface area contributed by atoms with Crippen LogP contribution in [0.15, 0.2) is 24.3 Å². The molecule has 1 fully saturated rings. The van der Waals surface area contributed by atoms with Crippen LogP contribution in [0.5, 0.6) is 0 Å². The van der Waals surface area contributed by atoms with Gasteiger partial charge < -0.3 is 10.6 Å².